The van der Waals surface area contributed by atoms with E-state index in [0.717, 1.165) is 22.7 Å². The fourth-order valence-corrected chi connectivity index (χ4v) is 5.16. The number of hydrogen-bond donors (Lipinski definition) is 2. The average Bonchev–Trinajstić information content (AvgIpc) is 3.40. The quantitative estimate of drug-likeness (QED) is 0.591. The predicted octanol–water partition coefficient (Wildman–Crippen LogP) is 4.17. The number of benzene rings is 2. The topological polar surface area (TPSA) is 102 Å². The Morgan fingerprint density at radius 1 is 1.24 bits per heavy atom. The van der Waals surface area contributed by atoms with Gasteiger partial charge in [-0.25, -0.2) is 18.5 Å². The van der Waals surface area contributed by atoms with Crippen LogP contribution in [-0.4, -0.2) is 19.3 Å². The number of halogens is 1. The number of hydrogen-bond acceptors (Lipinski definition) is 5. The molecular formula is C20H18ClN3O3S2. The molecule has 0 atom stereocenters. The highest BCUT2D eigenvalue weighted by Crippen LogP contribution is 2.44. The fourth-order valence-electron chi connectivity index (χ4n) is 2.99. The Hall–Kier alpha value is -2.26. The summed E-state index contributed by atoms with van der Waals surface area (Å²) < 4.78 is 24.4. The third-order valence-corrected chi connectivity index (χ3v) is 7.11. The lowest BCUT2D eigenvalue weighted by Crippen LogP contribution is -2.17. The van der Waals surface area contributed by atoms with Gasteiger partial charge in [0.15, 0.2) is 0 Å². The van der Waals surface area contributed by atoms with E-state index in [1.54, 1.807) is 42.6 Å². The van der Waals surface area contributed by atoms with E-state index in [1.165, 1.54) is 17.4 Å². The van der Waals surface area contributed by atoms with Crippen LogP contribution in [0.25, 0.3) is 10.4 Å². The number of anilines is 1. The molecule has 9 heteroatoms. The van der Waals surface area contributed by atoms with Crippen molar-refractivity contribution in [3.05, 3.63) is 64.3 Å². The van der Waals surface area contributed by atoms with Crippen molar-refractivity contribution in [2.45, 2.75) is 30.1 Å². The average molecular weight is 448 g/mol. The van der Waals surface area contributed by atoms with Crippen LogP contribution in [0.4, 0.5) is 5.69 Å². The van der Waals surface area contributed by atoms with Crippen molar-refractivity contribution >= 4 is 44.6 Å². The molecule has 0 bridgehead atoms. The standard InChI is InChI=1S/C20H18ClN3O3S2/c21-16-4-2-1-3-13(16)9-19(25)24-14-7-8-15(18(10-14)29(22,26)27)17-11-23-20(28-17)12-5-6-12/h1-4,7-8,10-12H,5-6,9H2,(H,24,25)(H2,22,26,27). The van der Waals surface area contributed by atoms with Gasteiger partial charge in [-0.15, -0.1) is 11.3 Å². The van der Waals surface area contributed by atoms with E-state index in [-0.39, 0.29) is 17.2 Å². The number of rotatable bonds is 6. The molecular weight excluding hydrogens is 430 g/mol. The molecule has 1 aliphatic rings. The smallest absolute Gasteiger partial charge is 0.238 e. The fraction of sp³-hybridized carbons (Fsp3) is 0.200. The van der Waals surface area contributed by atoms with Crippen molar-refractivity contribution in [2.24, 2.45) is 5.14 Å². The predicted molar refractivity (Wildman–Crippen MR) is 115 cm³/mol. The lowest BCUT2D eigenvalue weighted by molar-refractivity contribution is -0.115. The van der Waals surface area contributed by atoms with Crippen molar-refractivity contribution in [1.82, 2.24) is 4.98 Å². The van der Waals surface area contributed by atoms with E-state index < -0.39 is 10.0 Å². The summed E-state index contributed by atoms with van der Waals surface area (Å²) in [7, 11) is -3.99. The molecule has 3 aromatic rings. The molecule has 150 valence electrons. The van der Waals surface area contributed by atoms with Gasteiger partial charge < -0.3 is 5.32 Å². The Bertz CT molecular complexity index is 1190. The number of primary sulfonamides is 1. The number of amides is 1. The molecule has 2 aromatic carbocycles. The Kier molecular flexibility index (Phi) is 5.44. The van der Waals surface area contributed by atoms with Gasteiger partial charge in [0.1, 0.15) is 0 Å². The molecule has 4 rings (SSSR count). The summed E-state index contributed by atoms with van der Waals surface area (Å²) >= 11 is 7.57. The summed E-state index contributed by atoms with van der Waals surface area (Å²) in [5, 5.41) is 9.67. The molecule has 3 N–H and O–H groups in total. The van der Waals surface area contributed by atoms with Crippen LogP contribution in [0.3, 0.4) is 0 Å². The van der Waals surface area contributed by atoms with Gasteiger partial charge in [-0.2, -0.15) is 0 Å². The van der Waals surface area contributed by atoms with Crippen molar-refractivity contribution < 1.29 is 13.2 Å². The van der Waals surface area contributed by atoms with Crippen LogP contribution >= 0.6 is 22.9 Å². The highest BCUT2D eigenvalue weighted by atomic mass is 35.5. The number of carbonyl (C=O) groups is 1. The number of nitrogens with two attached hydrogens (primary N) is 1. The van der Waals surface area contributed by atoms with Gasteiger partial charge in [-0.1, -0.05) is 35.9 Å². The first kappa shape index (κ1) is 20.0. The molecule has 1 aromatic heterocycles. The second-order valence-corrected chi connectivity index (χ2v) is 9.91. The van der Waals surface area contributed by atoms with E-state index in [1.807, 2.05) is 0 Å². The molecule has 1 fully saturated rings. The first-order chi connectivity index (χ1) is 13.8. The van der Waals surface area contributed by atoms with E-state index in [4.69, 9.17) is 16.7 Å². The van der Waals surface area contributed by atoms with Gasteiger partial charge in [0, 0.05) is 28.4 Å². The molecule has 0 aliphatic heterocycles. The molecule has 1 aliphatic carbocycles. The first-order valence-corrected chi connectivity index (χ1v) is 11.7. The molecule has 0 radical (unpaired) electrons. The number of nitrogens with one attached hydrogen (secondary N) is 1. The van der Waals surface area contributed by atoms with Crippen LogP contribution in [0, 0.1) is 0 Å². The van der Waals surface area contributed by atoms with Crippen LogP contribution in [-0.2, 0) is 21.2 Å². The number of nitrogens with zero attached hydrogens (tertiary/aromatic N) is 1. The van der Waals surface area contributed by atoms with Gasteiger partial charge in [0.2, 0.25) is 15.9 Å². The molecule has 1 heterocycles. The van der Waals surface area contributed by atoms with E-state index in [2.05, 4.69) is 10.3 Å². The Balaban J connectivity index is 1.60. The maximum Gasteiger partial charge on any atom is 0.238 e. The minimum Gasteiger partial charge on any atom is -0.326 e. The van der Waals surface area contributed by atoms with E-state index >= 15 is 0 Å². The monoisotopic (exact) mass is 447 g/mol. The molecule has 29 heavy (non-hydrogen) atoms. The second kappa shape index (κ2) is 7.87. The van der Waals surface area contributed by atoms with Crippen LogP contribution in [0.1, 0.15) is 29.3 Å². The zero-order valence-corrected chi connectivity index (χ0v) is 17.7. The summed E-state index contributed by atoms with van der Waals surface area (Å²) in [6.07, 6.45) is 3.99. The van der Waals surface area contributed by atoms with Gasteiger partial charge in [0.25, 0.3) is 0 Å². The number of thiazole rings is 1. The zero-order chi connectivity index (χ0) is 20.6. The molecule has 0 saturated heterocycles. The Morgan fingerprint density at radius 3 is 2.69 bits per heavy atom. The van der Waals surface area contributed by atoms with Gasteiger partial charge in [-0.05, 0) is 36.6 Å². The SMILES string of the molecule is NS(=O)(=O)c1cc(NC(=O)Cc2ccccc2Cl)ccc1-c1cnc(C2CC2)s1. The number of aromatic nitrogens is 1. The lowest BCUT2D eigenvalue weighted by atomic mass is 10.1. The third-order valence-electron chi connectivity index (χ3n) is 4.60. The van der Waals surface area contributed by atoms with Crippen LogP contribution in [0.2, 0.25) is 5.02 Å². The van der Waals surface area contributed by atoms with Crippen LogP contribution in [0.5, 0.6) is 0 Å². The van der Waals surface area contributed by atoms with Crippen molar-refractivity contribution in [3.63, 3.8) is 0 Å². The van der Waals surface area contributed by atoms with E-state index in [0.29, 0.717) is 27.8 Å². The summed E-state index contributed by atoms with van der Waals surface area (Å²) in [6.45, 7) is 0. The normalized spacial score (nSPS) is 14.0. The highest BCUT2D eigenvalue weighted by Gasteiger charge is 2.27. The molecule has 1 amide bonds. The second-order valence-electron chi connectivity index (χ2n) is 6.91. The highest BCUT2D eigenvalue weighted by molar-refractivity contribution is 7.89. The Morgan fingerprint density at radius 2 is 2.00 bits per heavy atom. The summed E-state index contributed by atoms with van der Waals surface area (Å²) in [4.78, 5) is 17.5. The first-order valence-electron chi connectivity index (χ1n) is 8.97. The van der Waals surface area contributed by atoms with Crippen molar-refractivity contribution in [1.29, 1.82) is 0 Å². The summed E-state index contributed by atoms with van der Waals surface area (Å²) in [6, 6.07) is 11.7. The Labute approximate surface area is 177 Å². The van der Waals surface area contributed by atoms with Crippen molar-refractivity contribution in [3.8, 4) is 10.4 Å². The largest absolute Gasteiger partial charge is 0.326 e. The third kappa shape index (κ3) is 4.67. The van der Waals surface area contributed by atoms with Crippen LogP contribution in [0.15, 0.2) is 53.6 Å². The molecule has 0 unspecified atom stereocenters. The minimum absolute atomic E-state index is 0.0426. The summed E-state index contributed by atoms with van der Waals surface area (Å²) in [5.74, 6) is 0.176. The van der Waals surface area contributed by atoms with Gasteiger partial charge >= 0.3 is 0 Å². The minimum atomic E-state index is -3.99. The molecule has 6 nitrogen and oxygen atoms in total. The maximum atomic E-state index is 12.4. The summed E-state index contributed by atoms with van der Waals surface area (Å²) in [5.41, 5.74) is 1.52. The number of carbonyl (C=O) groups excluding carboxylic acids is 1. The lowest BCUT2D eigenvalue weighted by Gasteiger charge is -2.11. The van der Waals surface area contributed by atoms with Crippen molar-refractivity contribution in [2.75, 3.05) is 5.32 Å². The maximum absolute atomic E-state index is 12.4. The zero-order valence-electron chi connectivity index (χ0n) is 15.3. The van der Waals surface area contributed by atoms with Gasteiger partial charge in [-0.3, -0.25) is 4.79 Å². The van der Waals surface area contributed by atoms with E-state index in [9.17, 15) is 13.2 Å². The van der Waals surface area contributed by atoms with Gasteiger partial charge in [0.05, 0.1) is 21.2 Å². The molecule has 0 spiro atoms. The van der Waals surface area contributed by atoms with Crippen LogP contribution < -0.4 is 10.5 Å². The molecule has 1 saturated carbocycles. The number of sulfonamides is 1.